The maximum atomic E-state index is 17.1. The number of likely N-dealkylation sites (N-methyl/N-ethyl adjacent to an activating group) is 1. The molecule has 5 aliphatic heterocycles. The lowest BCUT2D eigenvalue weighted by Crippen LogP contribution is -2.61. The number of hydrogen-bond donors (Lipinski definition) is 2. The van der Waals surface area contributed by atoms with Crippen LogP contribution in [-0.4, -0.2) is 143 Å². The first kappa shape index (κ1) is 43.5. The number of hydrogen-bond acceptors (Lipinski definition) is 15. The minimum absolute atomic E-state index is 0.0246. The summed E-state index contributed by atoms with van der Waals surface area (Å²) in [5, 5.41) is 23.4. The first-order valence-corrected chi connectivity index (χ1v) is 19.2. The largest absolute Gasteiger partial charge is 0.509 e. The second kappa shape index (κ2) is 15.6. The van der Waals surface area contributed by atoms with Crippen LogP contribution < -0.4 is 0 Å². The number of carbonyl (C=O) groups excluding carboxylic acids is 4. The summed E-state index contributed by atoms with van der Waals surface area (Å²) >= 11 is 0. The van der Waals surface area contributed by atoms with Gasteiger partial charge in [0, 0.05) is 32.9 Å². The van der Waals surface area contributed by atoms with Crippen molar-refractivity contribution in [2.75, 3.05) is 14.2 Å². The van der Waals surface area contributed by atoms with Crippen molar-refractivity contribution in [3.8, 4) is 0 Å². The van der Waals surface area contributed by atoms with Crippen molar-refractivity contribution >= 4 is 24.0 Å². The zero-order chi connectivity index (χ0) is 41.2. The molecule has 0 saturated carbocycles. The van der Waals surface area contributed by atoms with Crippen molar-refractivity contribution in [2.45, 2.75) is 185 Å². The molecule has 18 atom stereocenters. The average molecular weight is 790 g/mol. The third-order valence-electron chi connectivity index (χ3n) is 12.6. The molecular formula is C38H60FNO15. The fourth-order valence-electron chi connectivity index (χ4n) is 9.38. The summed E-state index contributed by atoms with van der Waals surface area (Å²) in [6.45, 7) is 15.2. The molecule has 17 heteroatoms. The van der Waals surface area contributed by atoms with Crippen LogP contribution in [0, 0.1) is 17.8 Å². The quantitative estimate of drug-likeness (QED) is 0.293. The molecule has 0 unspecified atom stereocenters. The Bertz CT molecular complexity index is 1460. The molecule has 5 heterocycles. The van der Waals surface area contributed by atoms with E-state index in [1.165, 1.54) is 32.8 Å². The van der Waals surface area contributed by atoms with Crippen LogP contribution in [0.1, 0.15) is 94.9 Å². The van der Waals surface area contributed by atoms with Gasteiger partial charge in [-0.25, -0.2) is 14.0 Å². The van der Waals surface area contributed by atoms with Crippen molar-refractivity contribution in [3.63, 3.8) is 0 Å². The SMILES string of the molecule is CC[C@H]1OC(=O)[C@H](C)[C@@H](O[C@H]2C[C@@](C)(OC)[C@@H](O)[C@H](C)O2)[C@H](C)[C@@H](O[C@@H]2O[C@H](C)C[C@H]3[C@H]2OC(=O)N3C)[C@](C)(O)C[C@](C)(F)C(=O)[C@H](C)[C@H]2OC(=O)O[C@@]21C. The smallest absolute Gasteiger partial charge is 0.458 e. The standard InChI is InChI=1S/C38H60FNO15/c1-13-23-38(10)30(54-34(45)55-38)20(5)27(41)35(7,39)16-36(8,46)29(53-32-26-22(14-17(2)48-32)40(11)33(44)52-26)18(3)25(19(4)31(43)50-23)51-24-15-37(9,47-12)28(42)21(6)49-24/h17-26,28-30,32,42,46H,13-16H2,1-12H3/t17-,18+,19-,20+,21+,22+,23-,24+,25+,26-,28+,29-,30-,32+,35+,36-,37-,38-/m1/s1. The van der Waals surface area contributed by atoms with Gasteiger partial charge in [-0.15, -0.1) is 0 Å². The van der Waals surface area contributed by atoms with E-state index in [0.717, 1.165) is 6.92 Å². The van der Waals surface area contributed by atoms with E-state index in [2.05, 4.69) is 0 Å². The van der Waals surface area contributed by atoms with Crippen LogP contribution in [0.15, 0.2) is 0 Å². The summed E-state index contributed by atoms with van der Waals surface area (Å²) in [5.74, 6) is -5.28. The molecule has 16 nitrogen and oxygen atoms in total. The first-order valence-electron chi connectivity index (χ1n) is 19.2. The summed E-state index contributed by atoms with van der Waals surface area (Å²) in [5.41, 5.74) is -7.76. The Hall–Kier alpha value is -2.67. The van der Waals surface area contributed by atoms with Crippen LogP contribution in [0.25, 0.3) is 0 Å². The highest BCUT2D eigenvalue weighted by atomic mass is 19.1. The van der Waals surface area contributed by atoms with Crippen molar-refractivity contribution in [1.82, 2.24) is 4.90 Å². The third kappa shape index (κ3) is 8.08. The molecule has 0 radical (unpaired) electrons. The van der Waals surface area contributed by atoms with E-state index in [-0.39, 0.29) is 12.8 Å². The molecule has 0 aromatic carbocycles. The Morgan fingerprint density at radius 3 is 2.22 bits per heavy atom. The molecule has 5 saturated heterocycles. The van der Waals surface area contributed by atoms with E-state index in [0.29, 0.717) is 6.42 Å². The van der Waals surface area contributed by atoms with E-state index in [4.69, 9.17) is 42.6 Å². The minimum atomic E-state index is -2.74. The second-order valence-electron chi connectivity index (χ2n) is 17.1. The van der Waals surface area contributed by atoms with Gasteiger partial charge in [-0.2, -0.15) is 0 Å². The normalized spacial score (nSPS) is 49.9. The maximum Gasteiger partial charge on any atom is 0.509 e. The number of carbonyl (C=O) groups is 4. The fourth-order valence-corrected chi connectivity index (χ4v) is 9.38. The molecule has 0 spiro atoms. The number of ether oxygens (including phenoxy) is 9. The number of alkyl halides is 1. The topological polar surface area (TPSA) is 195 Å². The highest BCUT2D eigenvalue weighted by Crippen LogP contribution is 2.45. The average Bonchev–Trinajstić information content (AvgIpc) is 3.58. The number of ketones is 1. The number of aliphatic hydroxyl groups excluding tert-OH is 1. The van der Waals surface area contributed by atoms with Crippen LogP contribution in [0.3, 0.4) is 0 Å². The van der Waals surface area contributed by atoms with E-state index in [1.807, 2.05) is 0 Å². The molecule has 1 amide bonds. The number of amides is 1. The fraction of sp³-hybridized carbons (Fsp3) is 0.895. The number of halogens is 1. The Morgan fingerprint density at radius 1 is 0.945 bits per heavy atom. The van der Waals surface area contributed by atoms with Crippen LogP contribution >= 0.6 is 0 Å². The number of esters is 1. The van der Waals surface area contributed by atoms with Gasteiger partial charge in [0.2, 0.25) is 0 Å². The molecule has 2 N–H and O–H groups in total. The Labute approximate surface area is 321 Å². The molecule has 55 heavy (non-hydrogen) atoms. The zero-order valence-electron chi connectivity index (χ0n) is 33.9. The molecule has 0 aliphatic carbocycles. The molecular weight excluding hydrogens is 729 g/mol. The molecule has 5 fully saturated rings. The predicted molar refractivity (Wildman–Crippen MR) is 188 cm³/mol. The molecule has 5 aliphatic rings. The van der Waals surface area contributed by atoms with Gasteiger partial charge in [0.25, 0.3) is 0 Å². The lowest BCUT2D eigenvalue weighted by molar-refractivity contribution is -0.314. The summed E-state index contributed by atoms with van der Waals surface area (Å²) in [6, 6.07) is -0.443. The number of Topliss-reactive ketones (excluding diaryl/α,β-unsaturated/α-hetero) is 1. The van der Waals surface area contributed by atoms with Gasteiger partial charge < -0.3 is 57.7 Å². The molecule has 0 aromatic rings. The number of cyclic esters (lactones) is 1. The number of methoxy groups -OCH3 is 1. The Kier molecular flexibility index (Phi) is 12.3. The van der Waals surface area contributed by atoms with E-state index >= 15 is 4.39 Å². The first-order chi connectivity index (χ1) is 25.4. The summed E-state index contributed by atoms with van der Waals surface area (Å²) in [7, 11) is 3.04. The minimum Gasteiger partial charge on any atom is -0.458 e. The molecule has 314 valence electrons. The Balaban J connectivity index is 1.63. The second-order valence-corrected chi connectivity index (χ2v) is 17.1. The zero-order valence-corrected chi connectivity index (χ0v) is 33.9. The van der Waals surface area contributed by atoms with Gasteiger partial charge in [0.1, 0.15) is 12.2 Å². The number of nitrogens with zero attached hydrogens (tertiary/aromatic N) is 1. The van der Waals surface area contributed by atoms with Gasteiger partial charge in [-0.05, 0) is 61.3 Å². The lowest BCUT2D eigenvalue weighted by atomic mass is 9.73. The summed E-state index contributed by atoms with van der Waals surface area (Å²) in [4.78, 5) is 55.2. The monoisotopic (exact) mass is 789 g/mol. The number of aliphatic hydroxyl groups is 2. The van der Waals surface area contributed by atoms with Gasteiger partial charge in [-0.3, -0.25) is 9.59 Å². The number of fused-ring (bicyclic) bond motifs is 2. The van der Waals surface area contributed by atoms with E-state index in [9.17, 15) is 29.4 Å². The van der Waals surface area contributed by atoms with Gasteiger partial charge in [0.05, 0.1) is 53.5 Å². The van der Waals surface area contributed by atoms with E-state index in [1.54, 1.807) is 48.6 Å². The van der Waals surface area contributed by atoms with Crippen LogP contribution in [0.5, 0.6) is 0 Å². The lowest BCUT2D eigenvalue weighted by Gasteiger charge is -2.48. The summed E-state index contributed by atoms with van der Waals surface area (Å²) in [6.07, 6.45) is -12.6. The van der Waals surface area contributed by atoms with Gasteiger partial charge >= 0.3 is 18.2 Å². The van der Waals surface area contributed by atoms with Crippen LogP contribution in [0.2, 0.25) is 0 Å². The maximum absolute atomic E-state index is 17.1. The van der Waals surface area contributed by atoms with Gasteiger partial charge in [-0.1, -0.05) is 20.8 Å². The van der Waals surface area contributed by atoms with Gasteiger partial charge in [0.15, 0.2) is 41.8 Å². The van der Waals surface area contributed by atoms with Crippen LogP contribution in [-0.2, 0) is 52.2 Å². The van der Waals surface area contributed by atoms with E-state index < -0.39 is 138 Å². The van der Waals surface area contributed by atoms with Crippen molar-refractivity contribution in [3.05, 3.63) is 0 Å². The van der Waals surface area contributed by atoms with Crippen LogP contribution in [0.4, 0.5) is 14.0 Å². The third-order valence-corrected chi connectivity index (χ3v) is 12.6. The Morgan fingerprint density at radius 2 is 1.60 bits per heavy atom. The van der Waals surface area contributed by atoms with Crippen molar-refractivity contribution in [1.29, 1.82) is 0 Å². The highest BCUT2D eigenvalue weighted by molar-refractivity contribution is 5.90. The van der Waals surface area contributed by atoms with Crippen molar-refractivity contribution in [2.24, 2.45) is 17.8 Å². The molecule has 0 bridgehead atoms. The molecule has 5 rings (SSSR count). The van der Waals surface area contributed by atoms with Crippen molar-refractivity contribution < 1.29 is 76.4 Å². The highest BCUT2D eigenvalue weighted by Gasteiger charge is 2.61. The molecule has 0 aromatic heterocycles. The predicted octanol–water partition coefficient (Wildman–Crippen LogP) is 3.59. The summed E-state index contributed by atoms with van der Waals surface area (Å²) < 4.78 is 71.1. The number of rotatable bonds is 6.